The molecule has 0 bridgehead atoms. The lowest BCUT2D eigenvalue weighted by Gasteiger charge is -2.23. The van der Waals surface area contributed by atoms with Crippen molar-refractivity contribution in [2.75, 3.05) is 0 Å². The van der Waals surface area contributed by atoms with Crippen LogP contribution >= 0.6 is 11.6 Å². The lowest BCUT2D eigenvalue weighted by atomic mass is 9.94. The molecule has 1 aliphatic carbocycles. The second-order valence-electron chi connectivity index (χ2n) is 3.80. The summed E-state index contributed by atoms with van der Waals surface area (Å²) in [7, 11) is 0. The van der Waals surface area contributed by atoms with E-state index < -0.39 is 4.87 Å². The summed E-state index contributed by atoms with van der Waals surface area (Å²) in [6.45, 7) is 2.10. The minimum absolute atomic E-state index is 0.283. The Balaban J connectivity index is 2.45. The van der Waals surface area contributed by atoms with E-state index in [9.17, 15) is 4.39 Å². The normalized spacial score (nSPS) is 25.9. The van der Waals surface area contributed by atoms with E-state index in [0.29, 0.717) is 13.0 Å². The molecule has 76 valence electrons. The predicted octanol–water partition coefficient (Wildman–Crippen LogP) is 2.34. The lowest BCUT2D eigenvalue weighted by molar-refractivity contribution is 0.513. The van der Waals surface area contributed by atoms with Crippen molar-refractivity contribution < 1.29 is 4.39 Å². The molecule has 0 saturated carbocycles. The van der Waals surface area contributed by atoms with Crippen molar-refractivity contribution in [2.24, 2.45) is 5.73 Å². The molecule has 0 aliphatic heterocycles. The zero-order valence-corrected chi connectivity index (χ0v) is 8.66. The Hall–Kier alpha value is -0.800. The van der Waals surface area contributed by atoms with Gasteiger partial charge in [0.05, 0.1) is 4.87 Å². The molecule has 0 spiro atoms. The van der Waals surface area contributed by atoms with Crippen LogP contribution < -0.4 is 5.73 Å². The number of fused-ring (bicyclic) bond motifs is 1. The zero-order chi connectivity index (χ0) is 10.3. The highest BCUT2D eigenvalue weighted by atomic mass is 35.5. The molecule has 1 aromatic heterocycles. The average Bonchev–Trinajstić information content (AvgIpc) is 2.47. The Morgan fingerprint density at radius 1 is 1.71 bits per heavy atom. The van der Waals surface area contributed by atoms with Gasteiger partial charge in [-0.3, -0.25) is 0 Å². The number of hydrogen-bond acceptors (Lipinski definition) is 1. The van der Waals surface area contributed by atoms with Crippen molar-refractivity contribution in [1.82, 2.24) is 4.98 Å². The summed E-state index contributed by atoms with van der Waals surface area (Å²) in [5, 5.41) is 0. The van der Waals surface area contributed by atoms with Gasteiger partial charge in [0.15, 0.2) is 0 Å². The van der Waals surface area contributed by atoms with Crippen LogP contribution in [-0.4, -0.2) is 9.86 Å². The molecule has 2 rings (SSSR count). The number of allylic oxidation sites excluding steroid dienone is 1. The summed E-state index contributed by atoms with van der Waals surface area (Å²) in [4.78, 5) is 2.23. The highest BCUT2D eigenvalue weighted by molar-refractivity contribution is 6.26. The third-order valence-corrected chi connectivity index (χ3v) is 2.81. The lowest BCUT2D eigenvalue weighted by Crippen LogP contribution is -2.24. The zero-order valence-electron chi connectivity index (χ0n) is 7.90. The van der Waals surface area contributed by atoms with E-state index in [2.05, 4.69) is 4.98 Å². The van der Waals surface area contributed by atoms with Crippen molar-refractivity contribution in [3.8, 4) is 0 Å². The first kappa shape index (κ1) is 9.74. The van der Waals surface area contributed by atoms with E-state index in [1.54, 1.807) is 6.92 Å². The van der Waals surface area contributed by atoms with Gasteiger partial charge < -0.3 is 10.7 Å². The van der Waals surface area contributed by atoms with Crippen LogP contribution in [0.15, 0.2) is 11.9 Å². The van der Waals surface area contributed by atoms with Gasteiger partial charge in [0, 0.05) is 24.4 Å². The van der Waals surface area contributed by atoms with E-state index >= 15 is 0 Å². The summed E-state index contributed by atoms with van der Waals surface area (Å²) in [6.07, 6.45) is 1.95. The van der Waals surface area contributed by atoms with Crippen LogP contribution in [0.3, 0.4) is 0 Å². The van der Waals surface area contributed by atoms with Gasteiger partial charge in [-0.15, -0.1) is 11.6 Å². The van der Waals surface area contributed by atoms with Gasteiger partial charge in [0.1, 0.15) is 5.83 Å². The molecule has 1 heterocycles. The van der Waals surface area contributed by atoms with Crippen LogP contribution in [0.1, 0.15) is 23.9 Å². The first-order valence-electron chi connectivity index (χ1n) is 4.50. The highest BCUT2D eigenvalue weighted by Gasteiger charge is 2.32. The third-order valence-electron chi connectivity index (χ3n) is 2.50. The molecular weight excluding hydrogens is 203 g/mol. The maximum Gasteiger partial charge on any atom is 0.122 e. The van der Waals surface area contributed by atoms with Crippen LogP contribution in [0.5, 0.6) is 0 Å². The van der Waals surface area contributed by atoms with Gasteiger partial charge in [-0.1, -0.05) is 0 Å². The molecule has 0 fully saturated rings. The van der Waals surface area contributed by atoms with Gasteiger partial charge in [-0.2, -0.15) is 0 Å². The van der Waals surface area contributed by atoms with Crippen molar-refractivity contribution in [3.63, 3.8) is 0 Å². The van der Waals surface area contributed by atoms with Crippen LogP contribution in [0.4, 0.5) is 4.39 Å². The molecule has 0 saturated heterocycles. The van der Waals surface area contributed by atoms with E-state index in [1.165, 1.54) is 6.08 Å². The Morgan fingerprint density at radius 2 is 2.43 bits per heavy atom. The van der Waals surface area contributed by atoms with Crippen molar-refractivity contribution >= 4 is 17.7 Å². The molecule has 2 nitrogen and oxygen atoms in total. The fraction of sp³-hybridized carbons (Fsp3) is 0.400. The minimum atomic E-state index is -0.913. The van der Waals surface area contributed by atoms with Crippen molar-refractivity contribution in [3.05, 3.63) is 28.8 Å². The van der Waals surface area contributed by atoms with Gasteiger partial charge in [0.25, 0.3) is 0 Å². The number of aromatic amines is 1. The van der Waals surface area contributed by atoms with Crippen LogP contribution in [-0.2, 0) is 13.0 Å². The molecule has 1 unspecified atom stereocenters. The fourth-order valence-corrected chi connectivity index (χ4v) is 1.85. The van der Waals surface area contributed by atoms with Gasteiger partial charge in [0.2, 0.25) is 0 Å². The Bertz CT molecular complexity index is 393. The van der Waals surface area contributed by atoms with Gasteiger partial charge in [-0.25, -0.2) is 4.39 Å². The second-order valence-corrected chi connectivity index (χ2v) is 4.63. The highest BCUT2D eigenvalue weighted by Crippen LogP contribution is 2.37. The molecule has 4 heteroatoms. The number of hydrogen-bond donors (Lipinski definition) is 2. The molecule has 1 aliphatic rings. The SMILES string of the molecule is CC1(Cl)Cc2[nH]c(CN)cc2C=C1F. The van der Waals surface area contributed by atoms with Gasteiger partial charge in [-0.05, 0) is 24.6 Å². The molecule has 3 N–H and O–H groups in total. The first-order chi connectivity index (χ1) is 6.53. The average molecular weight is 215 g/mol. The molecule has 0 radical (unpaired) electrons. The summed E-state index contributed by atoms with van der Waals surface area (Å²) in [6, 6.07) is 1.86. The predicted molar refractivity (Wildman–Crippen MR) is 55.7 cm³/mol. The number of halogens is 2. The standard InChI is InChI=1S/C10H12ClFN2/c1-10(11)4-8-6(3-9(10)12)2-7(5-13)14-8/h2-3,14H,4-5,13H2,1H3. The third kappa shape index (κ3) is 1.47. The van der Waals surface area contributed by atoms with Crippen LogP contribution in [0.25, 0.3) is 6.08 Å². The quantitative estimate of drug-likeness (QED) is 0.693. The summed E-state index contributed by atoms with van der Waals surface area (Å²) < 4.78 is 13.4. The monoisotopic (exact) mass is 214 g/mol. The summed E-state index contributed by atoms with van der Waals surface area (Å²) >= 11 is 6.01. The smallest absolute Gasteiger partial charge is 0.122 e. The Labute approximate surface area is 86.9 Å². The topological polar surface area (TPSA) is 41.8 Å². The maximum absolute atomic E-state index is 13.4. The molecule has 0 aromatic carbocycles. The van der Waals surface area contributed by atoms with Crippen LogP contribution in [0.2, 0.25) is 0 Å². The minimum Gasteiger partial charge on any atom is -0.361 e. The Morgan fingerprint density at radius 3 is 3.07 bits per heavy atom. The summed E-state index contributed by atoms with van der Waals surface area (Å²) in [5.41, 5.74) is 8.22. The number of alkyl halides is 1. The molecular formula is C10H12ClFN2. The fourth-order valence-electron chi connectivity index (χ4n) is 1.67. The number of nitrogens with two attached hydrogens (primary N) is 1. The number of H-pyrrole nitrogens is 1. The van der Waals surface area contributed by atoms with E-state index in [-0.39, 0.29) is 5.83 Å². The van der Waals surface area contributed by atoms with Crippen LogP contribution in [0, 0.1) is 0 Å². The molecule has 1 atom stereocenters. The largest absolute Gasteiger partial charge is 0.361 e. The number of rotatable bonds is 1. The van der Waals surface area contributed by atoms with Gasteiger partial charge >= 0.3 is 0 Å². The molecule has 14 heavy (non-hydrogen) atoms. The summed E-state index contributed by atoms with van der Waals surface area (Å²) in [5.74, 6) is -0.283. The number of nitrogens with one attached hydrogen (secondary N) is 1. The maximum atomic E-state index is 13.4. The van der Waals surface area contributed by atoms with E-state index in [4.69, 9.17) is 17.3 Å². The number of aromatic nitrogens is 1. The Kier molecular flexibility index (Phi) is 2.16. The van der Waals surface area contributed by atoms with Crippen molar-refractivity contribution in [1.29, 1.82) is 0 Å². The molecule has 1 aromatic rings. The first-order valence-corrected chi connectivity index (χ1v) is 4.88. The second kappa shape index (κ2) is 3.11. The van der Waals surface area contributed by atoms with Crippen molar-refractivity contribution in [2.45, 2.75) is 24.8 Å². The van der Waals surface area contributed by atoms with E-state index in [0.717, 1.165) is 17.0 Å². The molecule has 0 amide bonds. The van der Waals surface area contributed by atoms with E-state index in [1.807, 2.05) is 6.07 Å².